The first-order valence-corrected chi connectivity index (χ1v) is 7.53. The van der Waals surface area contributed by atoms with Crippen molar-refractivity contribution in [2.45, 2.75) is 38.3 Å². The second kappa shape index (κ2) is 6.52. The third kappa shape index (κ3) is 4.08. The lowest BCUT2D eigenvalue weighted by atomic mass is 10.1. The maximum atomic E-state index is 11.6. The number of ether oxygens (including phenoxy) is 1. The Balaban J connectivity index is 1.65. The highest BCUT2D eigenvalue weighted by atomic mass is 79.9. The molecule has 1 atom stereocenters. The van der Waals surface area contributed by atoms with E-state index >= 15 is 0 Å². The van der Waals surface area contributed by atoms with Crippen molar-refractivity contribution < 1.29 is 9.53 Å². The van der Waals surface area contributed by atoms with Gasteiger partial charge in [-0.3, -0.25) is 4.79 Å². The molecule has 3 nitrogen and oxygen atoms in total. The van der Waals surface area contributed by atoms with E-state index in [1.54, 1.807) is 11.3 Å². The van der Waals surface area contributed by atoms with Gasteiger partial charge in [0.05, 0.1) is 12.6 Å². The monoisotopic (exact) mass is 317 g/mol. The zero-order valence-corrected chi connectivity index (χ0v) is 12.0. The van der Waals surface area contributed by atoms with E-state index in [-0.39, 0.29) is 5.91 Å². The van der Waals surface area contributed by atoms with Crippen molar-refractivity contribution >= 4 is 33.2 Å². The average Bonchev–Trinajstić information content (AvgIpc) is 2.95. The molecule has 2 heterocycles. The number of halogens is 1. The molecule has 1 amide bonds. The predicted molar refractivity (Wildman–Crippen MR) is 72.1 cm³/mol. The Hall–Kier alpha value is -0.390. The minimum atomic E-state index is 0.112. The van der Waals surface area contributed by atoms with Crippen LogP contribution in [0.5, 0.6) is 0 Å². The van der Waals surface area contributed by atoms with Crippen LogP contribution in [0.25, 0.3) is 0 Å². The van der Waals surface area contributed by atoms with Crippen LogP contribution in [0.15, 0.2) is 15.9 Å². The van der Waals surface area contributed by atoms with Crippen molar-refractivity contribution in [2.24, 2.45) is 0 Å². The van der Waals surface area contributed by atoms with Crippen LogP contribution in [0.1, 0.15) is 30.6 Å². The molecule has 0 radical (unpaired) electrons. The first-order valence-electron chi connectivity index (χ1n) is 5.86. The maximum Gasteiger partial charge on any atom is 0.220 e. The Morgan fingerprint density at radius 1 is 1.65 bits per heavy atom. The largest absolute Gasteiger partial charge is 0.378 e. The summed E-state index contributed by atoms with van der Waals surface area (Å²) in [6.07, 6.45) is 3.94. The van der Waals surface area contributed by atoms with Crippen molar-refractivity contribution in [1.82, 2.24) is 5.32 Å². The summed E-state index contributed by atoms with van der Waals surface area (Å²) in [5, 5.41) is 4.95. The molecule has 0 saturated carbocycles. The number of hydrogen-bond acceptors (Lipinski definition) is 3. The SMILES string of the molecule is O=C(CCC1CCCO1)NCc1sccc1Br. The second-order valence-electron chi connectivity index (χ2n) is 4.14. The zero-order valence-electron chi connectivity index (χ0n) is 9.58. The molecule has 1 aromatic heterocycles. The molecule has 0 spiro atoms. The molecule has 0 aromatic carbocycles. The number of amides is 1. The quantitative estimate of drug-likeness (QED) is 0.906. The Morgan fingerprint density at radius 2 is 2.53 bits per heavy atom. The van der Waals surface area contributed by atoms with Crippen LogP contribution in [0.4, 0.5) is 0 Å². The molecule has 1 unspecified atom stereocenters. The molecule has 0 bridgehead atoms. The molecule has 1 aliphatic heterocycles. The molecule has 1 aromatic rings. The molecule has 1 aliphatic rings. The highest BCUT2D eigenvalue weighted by Crippen LogP contribution is 2.22. The fourth-order valence-electron chi connectivity index (χ4n) is 1.88. The van der Waals surface area contributed by atoms with Gasteiger partial charge >= 0.3 is 0 Å². The Labute approximate surface area is 114 Å². The second-order valence-corrected chi connectivity index (χ2v) is 6.00. The molecule has 2 rings (SSSR count). The van der Waals surface area contributed by atoms with Crippen molar-refractivity contribution in [1.29, 1.82) is 0 Å². The third-order valence-electron chi connectivity index (χ3n) is 2.85. The normalized spacial score (nSPS) is 19.5. The Bertz CT molecular complexity index is 374. The molecule has 94 valence electrons. The molecule has 5 heteroatoms. The summed E-state index contributed by atoms with van der Waals surface area (Å²) in [6.45, 7) is 1.47. The van der Waals surface area contributed by atoms with Crippen LogP contribution in [-0.2, 0) is 16.1 Å². The number of nitrogens with one attached hydrogen (secondary N) is 1. The summed E-state index contributed by atoms with van der Waals surface area (Å²) in [6, 6.07) is 2.00. The van der Waals surface area contributed by atoms with Crippen LogP contribution in [0.2, 0.25) is 0 Å². The lowest BCUT2D eigenvalue weighted by molar-refractivity contribution is -0.121. The fraction of sp³-hybridized carbons (Fsp3) is 0.583. The van der Waals surface area contributed by atoms with E-state index in [1.807, 2.05) is 11.4 Å². The van der Waals surface area contributed by atoms with Gasteiger partial charge in [0.2, 0.25) is 5.91 Å². The van der Waals surface area contributed by atoms with E-state index in [1.165, 1.54) is 0 Å². The van der Waals surface area contributed by atoms with Gasteiger partial charge in [-0.1, -0.05) is 0 Å². The van der Waals surface area contributed by atoms with Crippen molar-refractivity contribution in [2.75, 3.05) is 6.61 Å². The molecule has 1 saturated heterocycles. The predicted octanol–water partition coefficient (Wildman–Crippen LogP) is 3.09. The number of thiophene rings is 1. The molecular formula is C12H16BrNO2S. The number of carbonyl (C=O) groups is 1. The fourth-order valence-corrected chi connectivity index (χ4v) is 3.31. The lowest BCUT2D eigenvalue weighted by Gasteiger charge is -2.09. The highest BCUT2D eigenvalue weighted by molar-refractivity contribution is 9.10. The van der Waals surface area contributed by atoms with E-state index in [0.717, 1.165) is 35.2 Å². The van der Waals surface area contributed by atoms with Crippen LogP contribution >= 0.6 is 27.3 Å². The van der Waals surface area contributed by atoms with Crippen LogP contribution in [-0.4, -0.2) is 18.6 Å². The van der Waals surface area contributed by atoms with Crippen molar-refractivity contribution in [3.05, 3.63) is 20.8 Å². The van der Waals surface area contributed by atoms with Gasteiger partial charge in [-0.05, 0) is 46.6 Å². The van der Waals surface area contributed by atoms with Gasteiger partial charge in [0, 0.05) is 22.4 Å². The van der Waals surface area contributed by atoms with Gasteiger partial charge in [0.15, 0.2) is 0 Å². The Morgan fingerprint density at radius 3 is 3.18 bits per heavy atom. The first kappa shape index (κ1) is 13.1. The number of hydrogen-bond donors (Lipinski definition) is 1. The summed E-state index contributed by atoms with van der Waals surface area (Å²) in [5.41, 5.74) is 0. The molecular weight excluding hydrogens is 302 g/mol. The summed E-state index contributed by atoms with van der Waals surface area (Å²) in [5.74, 6) is 0.112. The minimum absolute atomic E-state index is 0.112. The van der Waals surface area contributed by atoms with Crippen LogP contribution in [0, 0.1) is 0 Å². The molecule has 1 fully saturated rings. The van der Waals surface area contributed by atoms with Crippen LogP contribution in [0.3, 0.4) is 0 Å². The summed E-state index contributed by atoms with van der Waals surface area (Å²) in [7, 11) is 0. The van der Waals surface area contributed by atoms with Crippen molar-refractivity contribution in [3.63, 3.8) is 0 Å². The summed E-state index contributed by atoms with van der Waals surface area (Å²) < 4.78 is 6.56. The van der Waals surface area contributed by atoms with Crippen LogP contribution < -0.4 is 5.32 Å². The van der Waals surface area contributed by atoms with E-state index in [0.29, 0.717) is 19.1 Å². The van der Waals surface area contributed by atoms with Gasteiger partial charge in [-0.2, -0.15) is 0 Å². The number of carbonyl (C=O) groups excluding carboxylic acids is 1. The van der Waals surface area contributed by atoms with Gasteiger partial charge in [0.25, 0.3) is 0 Å². The zero-order chi connectivity index (χ0) is 12.1. The van der Waals surface area contributed by atoms with Gasteiger partial charge in [-0.15, -0.1) is 11.3 Å². The van der Waals surface area contributed by atoms with Gasteiger partial charge < -0.3 is 10.1 Å². The van der Waals surface area contributed by atoms with E-state index in [2.05, 4.69) is 21.2 Å². The lowest BCUT2D eigenvalue weighted by Crippen LogP contribution is -2.23. The van der Waals surface area contributed by atoms with E-state index in [4.69, 9.17) is 4.74 Å². The third-order valence-corrected chi connectivity index (χ3v) is 4.78. The van der Waals surface area contributed by atoms with E-state index < -0.39 is 0 Å². The first-order chi connectivity index (χ1) is 8.25. The topological polar surface area (TPSA) is 38.3 Å². The maximum absolute atomic E-state index is 11.6. The highest BCUT2D eigenvalue weighted by Gasteiger charge is 2.16. The summed E-state index contributed by atoms with van der Waals surface area (Å²) >= 11 is 5.10. The smallest absolute Gasteiger partial charge is 0.220 e. The molecule has 1 N–H and O–H groups in total. The molecule has 17 heavy (non-hydrogen) atoms. The van der Waals surface area contributed by atoms with E-state index in [9.17, 15) is 4.79 Å². The minimum Gasteiger partial charge on any atom is -0.378 e. The van der Waals surface area contributed by atoms with Gasteiger partial charge in [0.1, 0.15) is 0 Å². The van der Waals surface area contributed by atoms with Gasteiger partial charge in [-0.25, -0.2) is 0 Å². The standard InChI is InChI=1S/C12H16BrNO2S/c13-10-5-7-17-11(10)8-14-12(15)4-3-9-2-1-6-16-9/h5,7,9H,1-4,6,8H2,(H,14,15). The summed E-state index contributed by atoms with van der Waals surface area (Å²) in [4.78, 5) is 12.8. The molecule has 0 aliphatic carbocycles. The van der Waals surface area contributed by atoms with Crippen molar-refractivity contribution in [3.8, 4) is 0 Å². The average molecular weight is 318 g/mol. The number of rotatable bonds is 5. The Kier molecular flexibility index (Phi) is 5.00.